The normalized spacial score (nSPS) is 17.6. The maximum absolute atomic E-state index is 13.5. The molecule has 0 unspecified atom stereocenters. The van der Waals surface area contributed by atoms with Gasteiger partial charge < -0.3 is 20.1 Å². The van der Waals surface area contributed by atoms with Gasteiger partial charge in [0.05, 0.1) is 18.2 Å². The summed E-state index contributed by atoms with van der Waals surface area (Å²) in [5.41, 5.74) is 0.634. The summed E-state index contributed by atoms with van der Waals surface area (Å²) in [6, 6.07) is 1.67. The fraction of sp³-hybridized carbons (Fsp3) is 0.333. The molecule has 6 nitrogen and oxygen atoms in total. The van der Waals surface area contributed by atoms with E-state index in [1.165, 1.54) is 20.1 Å². The van der Waals surface area contributed by atoms with Crippen molar-refractivity contribution in [2.75, 3.05) is 20.3 Å². The predicted molar refractivity (Wildman–Crippen MR) is 76.3 cm³/mol. The summed E-state index contributed by atoms with van der Waals surface area (Å²) in [4.78, 5) is 23.9. The van der Waals surface area contributed by atoms with Crippen LogP contribution in [0.5, 0.6) is 0 Å². The maximum atomic E-state index is 13.5. The number of halogens is 2. The third kappa shape index (κ3) is 3.84. The molecule has 0 radical (unpaired) electrons. The van der Waals surface area contributed by atoms with Gasteiger partial charge >= 0.3 is 12.0 Å². The molecule has 1 aromatic rings. The lowest BCUT2D eigenvalue weighted by Crippen LogP contribution is -2.45. The monoisotopic (exact) mass is 326 g/mol. The molecular formula is C15H16F2N2O4. The number of nitrogens with one attached hydrogen (secondary N) is 2. The van der Waals surface area contributed by atoms with E-state index in [0.717, 1.165) is 12.1 Å². The fourth-order valence-electron chi connectivity index (χ4n) is 2.20. The third-order valence-electron chi connectivity index (χ3n) is 3.29. The summed E-state index contributed by atoms with van der Waals surface area (Å²) >= 11 is 0. The van der Waals surface area contributed by atoms with Gasteiger partial charge in [0, 0.05) is 12.8 Å². The number of allylic oxidation sites excluding steroid dienone is 1. The Morgan fingerprint density at radius 2 is 2.00 bits per heavy atom. The molecule has 124 valence electrons. The van der Waals surface area contributed by atoms with Crippen LogP contribution in [0.3, 0.4) is 0 Å². The van der Waals surface area contributed by atoms with Crippen molar-refractivity contribution in [1.82, 2.24) is 10.6 Å². The van der Waals surface area contributed by atoms with Crippen molar-refractivity contribution in [3.63, 3.8) is 0 Å². The SMILES string of the molecule is COCCOC(=O)C1=C(C)NC(=O)N[C@@H]1c1ccc(F)c(F)c1. The summed E-state index contributed by atoms with van der Waals surface area (Å²) in [6.45, 7) is 1.77. The number of carbonyl (C=O) groups is 2. The molecule has 0 fully saturated rings. The van der Waals surface area contributed by atoms with Crippen molar-refractivity contribution in [2.24, 2.45) is 0 Å². The van der Waals surface area contributed by atoms with Crippen molar-refractivity contribution < 1.29 is 27.8 Å². The molecule has 1 aliphatic heterocycles. The highest BCUT2D eigenvalue weighted by Crippen LogP contribution is 2.28. The zero-order chi connectivity index (χ0) is 17.0. The molecule has 2 amide bonds. The molecule has 8 heteroatoms. The number of amides is 2. The second-order valence-corrected chi connectivity index (χ2v) is 4.87. The molecule has 1 aliphatic rings. The first-order valence-corrected chi connectivity index (χ1v) is 6.83. The van der Waals surface area contributed by atoms with Gasteiger partial charge in [0.25, 0.3) is 0 Å². The van der Waals surface area contributed by atoms with Crippen molar-refractivity contribution >= 4 is 12.0 Å². The molecule has 1 aromatic carbocycles. The molecule has 0 bridgehead atoms. The molecule has 0 aromatic heterocycles. The average molecular weight is 326 g/mol. The second kappa shape index (κ2) is 7.19. The van der Waals surface area contributed by atoms with Crippen molar-refractivity contribution in [3.05, 3.63) is 46.7 Å². The summed E-state index contributed by atoms with van der Waals surface area (Å²) in [5.74, 6) is -2.76. The van der Waals surface area contributed by atoms with Crippen molar-refractivity contribution in [2.45, 2.75) is 13.0 Å². The number of ether oxygens (including phenoxy) is 2. The summed E-state index contributed by atoms with van der Waals surface area (Å²) in [7, 11) is 1.46. The highest BCUT2D eigenvalue weighted by Gasteiger charge is 2.32. The fourth-order valence-corrected chi connectivity index (χ4v) is 2.20. The summed E-state index contributed by atoms with van der Waals surface area (Å²) < 4.78 is 36.4. The Morgan fingerprint density at radius 3 is 2.65 bits per heavy atom. The Morgan fingerprint density at radius 1 is 1.26 bits per heavy atom. The van der Waals surface area contributed by atoms with E-state index in [-0.39, 0.29) is 30.0 Å². The van der Waals surface area contributed by atoms with E-state index in [0.29, 0.717) is 0 Å². The zero-order valence-corrected chi connectivity index (χ0v) is 12.6. The lowest BCUT2D eigenvalue weighted by atomic mass is 9.95. The van der Waals surface area contributed by atoms with Gasteiger partial charge in [0.1, 0.15) is 6.61 Å². The maximum Gasteiger partial charge on any atom is 0.338 e. The number of methoxy groups -OCH3 is 1. The number of hydrogen-bond donors (Lipinski definition) is 2. The molecule has 2 rings (SSSR count). The van der Waals surface area contributed by atoms with Crippen LogP contribution in [0, 0.1) is 11.6 Å². The van der Waals surface area contributed by atoms with Crippen LogP contribution in [0.2, 0.25) is 0 Å². The Labute approximate surface area is 131 Å². The lowest BCUT2D eigenvalue weighted by Gasteiger charge is -2.28. The van der Waals surface area contributed by atoms with Crippen LogP contribution in [0.4, 0.5) is 13.6 Å². The highest BCUT2D eigenvalue weighted by molar-refractivity contribution is 5.95. The van der Waals surface area contributed by atoms with Gasteiger partial charge in [0.15, 0.2) is 11.6 Å². The van der Waals surface area contributed by atoms with Crippen LogP contribution in [0.1, 0.15) is 18.5 Å². The van der Waals surface area contributed by atoms with Gasteiger partial charge in [-0.3, -0.25) is 0 Å². The molecule has 2 N–H and O–H groups in total. The minimum Gasteiger partial charge on any atom is -0.460 e. The smallest absolute Gasteiger partial charge is 0.338 e. The second-order valence-electron chi connectivity index (χ2n) is 4.87. The van der Waals surface area contributed by atoms with E-state index in [1.54, 1.807) is 0 Å². The Kier molecular flexibility index (Phi) is 5.28. The van der Waals surface area contributed by atoms with E-state index < -0.39 is 29.7 Å². The molecule has 1 atom stereocenters. The molecule has 0 aliphatic carbocycles. The first kappa shape index (κ1) is 16.9. The van der Waals surface area contributed by atoms with Crippen LogP contribution in [-0.4, -0.2) is 32.3 Å². The van der Waals surface area contributed by atoms with Crippen molar-refractivity contribution in [3.8, 4) is 0 Å². The van der Waals surface area contributed by atoms with Gasteiger partial charge in [-0.05, 0) is 24.6 Å². The Hall–Kier alpha value is -2.48. The van der Waals surface area contributed by atoms with Crippen LogP contribution >= 0.6 is 0 Å². The lowest BCUT2D eigenvalue weighted by molar-refractivity contribution is -0.140. The first-order valence-electron chi connectivity index (χ1n) is 6.83. The van der Waals surface area contributed by atoms with E-state index in [1.807, 2.05) is 0 Å². The van der Waals surface area contributed by atoms with Crippen LogP contribution in [-0.2, 0) is 14.3 Å². The molecular weight excluding hydrogens is 310 g/mol. The molecule has 0 spiro atoms. The van der Waals surface area contributed by atoms with E-state index >= 15 is 0 Å². The van der Waals surface area contributed by atoms with Crippen LogP contribution < -0.4 is 10.6 Å². The zero-order valence-electron chi connectivity index (χ0n) is 12.6. The van der Waals surface area contributed by atoms with E-state index in [4.69, 9.17) is 9.47 Å². The summed E-state index contributed by atoms with van der Waals surface area (Å²) in [6.07, 6.45) is 0. The molecule has 23 heavy (non-hydrogen) atoms. The van der Waals surface area contributed by atoms with Gasteiger partial charge in [-0.1, -0.05) is 6.07 Å². The average Bonchev–Trinajstić information content (AvgIpc) is 2.49. The Bertz CT molecular complexity index is 661. The highest BCUT2D eigenvalue weighted by atomic mass is 19.2. The van der Waals surface area contributed by atoms with E-state index in [9.17, 15) is 18.4 Å². The van der Waals surface area contributed by atoms with Crippen LogP contribution in [0.25, 0.3) is 0 Å². The number of hydrogen-bond acceptors (Lipinski definition) is 4. The summed E-state index contributed by atoms with van der Waals surface area (Å²) in [5, 5.41) is 4.96. The minimum atomic E-state index is -1.07. The molecule has 0 saturated carbocycles. The quantitative estimate of drug-likeness (QED) is 0.639. The largest absolute Gasteiger partial charge is 0.460 e. The number of urea groups is 1. The van der Waals surface area contributed by atoms with Gasteiger partial charge in [0.2, 0.25) is 0 Å². The van der Waals surface area contributed by atoms with Gasteiger partial charge in [-0.2, -0.15) is 0 Å². The van der Waals surface area contributed by atoms with Gasteiger partial charge in [-0.15, -0.1) is 0 Å². The number of esters is 1. The topological polar surface area (TPSA) is 76.7 Å². The molecule has 1 heterocycles. The third-order valence-corrected chi connectivity index (χ3v) is 3.29. The number of carbonyl (C=O) groups excluding carboxylic acids is 2. The van der Waals surface area contributed by atoms with Gasteiger partial charge in [-0.25, -0.2) is 18.4 Å². The standard InChI is InChI=1S/C15H16F2N2O4/c1-8-12(14(20)23-6-5-22-2)13(19-15(21)18-8)9-3-4-10(16)11(17)7-9/h3-4,7,13H,5-6H2,1-2H3,(H2,18,19,21)/t13-/m1/s1. The minimum absolute atomic E-state index is 0.0323. The van der Waals surface area contributed by atoms with Crippen LogP contribution in [0.15, 0.2) is 29.5 Å². The van der Waals surface area contributed by atoms with E-state index in [2.05, 4.69) is 10.6 Å². The number of rotatable bonds is 5. The molecule has 0 saturated heterocycles. The predicted octanol–water partition coefficient (Wildman–Crippen LogP) is 1.78. The number of benzene rings is 1. The Balaban J connectivity index is 2.33. The first-order chi connectivity index (χ1) is 10.9. The van der Waals surface area contributed by atoms with Crippen molar-refractivity contribution in [1.29, 1.82) is 0 Å².